The molecule has 144 valence electrons. The van der Waals surface area contributed by atoms with Gasteiger partial charge in [0.15, 0.2) is 11.6 Å². The van der Waals surface area contributed by atoms with E-state index >= 15 is 0 Å². The zero-order valence-electron chi connectivity index (χ0n) is 15.0. The summed E-state index contributed by atoms with van der Waals surface area (Å²) in [6.07, 6.45) is 3.61. The summed E-state index contributed by atoms with van der Waals surface area (Å²) >= 11 is 0. The molecule has 1 heterocycles. The highest BCUT2D eigenvalue weighted by molar-refractivity contribution is 5.79. The van der Waals surface area contributed by atoms with E-state index in [2.05, 4.69) is 10.3 Å². The highest BCUT2D eigenvalue weighted by Crippen LogP contribution is 2.63. The molecule has 1 aromatic heterocycles. The number of nitrogens with one attached hydrogen (secondary N) is 1. The Morgan fingerprint density at radius 1 is 1.19 bits per heavy atom. The topological polar surface area (TPSA) is 46.9 Å². The molecule has 1 aromatic carbocycles. The molecule has 3 aliphatic rings. The molecule has 0 saturated heterocycles. The minimum atomic E-state index is -0.882. The summed E-state index contributed by atoms with van der Waals surface area (Å²) in [5, 5.41) is 2.96. The predicted octanol–water partition coefficient (Wildman–Crippen LogP) is 3.76. The first-order chi connectivity index (χ1) is 12.9. The Morgan fingerprint density at radius 3 is 2.52 bits per heavy atom. The molecule has 27 heavy (non-hydrogen) atoms. The number of carbonyl (C=O) groups excluding carboxylic acids is 1. The van der Waals surface area contributed by atoms with Crippen molar-refractivity contribution in [2.75, 3.05) is 0 Å². The molecule has 2 aromatic rings. The van der Waals surface area contributed by atoms with Gasteiger partial charge in [-0.3, -0.25) is 4.79 Å². The van der Waals surface area contributed by atoms with E-state index < -0.39 is 17.8 Å². The zero-order valence-corrected chi connectivity index (χ0v) is 15.0. The summed E-state index contributed by atoms with van der Waals surface area (Å²) in [4.78, 5) is 16.6. The fourth-order valence-electron chi connectivity index (χ4n) is 5.32. The van der Waals surface area contributed by atoms with Gasteiger partial charge in [0.2, 0.25) is 5.91 Å². The van der Waals surface area contributed by atoms with Crippen LogP contribution in [0.4, 0.5) is 13.2 Å². The molecule has 0 aliphatic heterocycles. The molecular weight excluding hydrogens is 355 g/mol. The molecule has 5 rings (SSSR count). The maximum absolute atomic E-state index is 13.6. The minimum absolute atomic E-state index is 0.00565. The van der Waals surface area contributed by atoms with Gasteiger partial charge in [0, 0.05) is 30.1 Å². The SMILES string of the molecule is CC(C(=O)NC1CC(F)C1)C1[C@H]2CC(n3cnc4cc(F)c(F)cc43)C[C@@H]12. The van der Waals surface area contributed by atoms with Crippen LogP contribution in [0.15, 0.2) is 18.5 Å². The van der Waals surface area contributed by atoms with Gasteiger partial charge in [-0.2, -0.15) is 0 Å². The van der Waals surface area contributed by atoms with E-state index in [4.69, 9.17) is 0 Å². The van der Waals surface area contributed by atoms with Gasteiger partial charge in [-0.15, -0.1) is 0 Å². The van der Waals surface area contributed by atoms with Gasteiger partial charge in [0.25, 0.3) is 0 Å². The van der Waals surface area contributed by atoms with Gasteiger partial charge in [-0.1, -0.05) is 6.92 Å². The van der Waals surface area contributed by atoms with Crippen molar-refractivity contribution in [3.05, 3.63) is 30.1 Å². The number of hydrogen-bond acceptors (Lipinski definition) is 2. The highest BCUT2D eigenvalue weighted by atomic mass is 19.2. The number of halogens is 3. The Bertz CT molecular complexity index is 895. The normalized spacial score (nSPS) is 35.6. The molecule has 1 amide bonds. The van der Waals surface area contributed by atoms with Crippen molar-refractivity contribution in [1.82, 2.24) is 14.9 Å². The fourth-order valence-corrected chi connectivity index (χ4v) is 5.32. The second-order valence-corrected chi connectivity index (χ2v) is 8.50. The Morgan fingerprint density at radius 2 is 1.85 bits per heavy atom. The maximum Gasteiger partial charge on any atom is 0.223 e. The van der Waals surface area contributed by atoms with Crippen molar-refractivity contribution < 1.29 is 18.0 Å². The standard InChI is InChI=1S/C20H22F3N3O/c1-9(20(27)25-11-2-10(21)3-11)19-13-4-12(5-14(13)19)26-8-24-17-6-15(22)16(23)7-18(17)26/h6-14,19H,2-5H2,1H3,(H,25,27)/t9?,10?,11?,12?,13-,14+,19?. The van der Waals surface area contributed by atoms with Crippen molar-refractivity contribution in [2.24, 2.45) is 23.7 Å². The molecule has 3 fully saturated rings. The van der Waals surface area contributed by atoms with Gasteiger partial charge < -0.3 is 9.88 Å². The average Bonchev–Trinajstić information content (AvgIpc) is 2.93. The third-order valence-corrected chi connectivity index (χ3v) is 6.91. The Balaban J connectivity index is 1.23. The molecule has 0 bridgehead atoms. The zero-order chi connectivity index (χ0) is 18.9. The number of rotatable bonds is 4. The van der Waals surface area contributed by atoms with E-state index in [9.17, 15) is 18.0 Å². The van der Waals surface area contributed by atoms with Crippen LogP contribution >= 0.6 is 0 Å². The molecule has 0 radical (unpaired) electrons. The van der Waals surface area contributed by atoms with Crippen LogP contribution in [0.1, 0.15) is 38.6 Å². The average molecular weight is 377 g/mol. The van der Waals surface area contributed by atoms with Crippen molar-refractivity contribution in [3.8, 4) is 0 Å². The van der Waals surface area contributed by atoms with E-state index in [0.717, 1.165) is 18.9 Å². The van der Waals surface area contributed by atoms with Crippen molar-refractivity contribution in [3.63, 3.8) is 0 Å². The van der Waals surface area contributed by atoms with E-state index in [1.54, 1.807) is 6.33 Å². The first kappa shape index (κ1) is 17.1. The lowest BCUT2D eigenvalue weighted by molar-refractivity contribution is -0.127. The molecular formula is C20H22F3N3O. The molecule has 3 aliphatic carbocycles. The first-order valence-corrected chi connectivity index (χ1v) is 9.68. The van der Waals surface area contributed by atoms with E-state index in [-0.39, 0.29) is 23.9 Å². The number of fused-ring (bicyclic) bond motifs is 2. The number of aromatic nitrogens is 2. The van der Waals surface area contributed by atoms with Crippen LogP contribution in [0.2, 0.25) is 0 Å². The number of hydrogen-bond donors (Lipinski definition) is 1. The van der Waals surface area contributed by atoms with Crippen LogP contribution in [0.25, 0.3) is 11.0 Å². The van der Waals surface area contributed by atoms with Crippen LogP contribution in [0.5, 0.6) is 0 Å². The third kappa shape index (κ3) is 2.74. The number of imidazole rings is 1. The van der Waals surface area contributed by atoms with Crippen LogP contribution in [0.3, 0.4) is 0 Å². The molecule has 3 saturated carbocycles. The fraction of sp³-hybridized carbons (Fsp3) is 0.600. The quantitative estimate of drug-likeness (QED) is 0.882. The van der Waals surface area contributed by atoms with Gasteiger partial charge in [0.1, 0.15) is 6.17 Å². The summed E-state index contributed by atoms with van der Waals surface area (Å²) in [5.41, 5.74) is 1.08. The summed E-state index contributed by atoms with van der Waals surface area (Å²) in [7, 11) is 0. The number of carbonyl (C=O) groups is 1. The summed E-state index contributed by atoms with van der Waals surface area (Å²) in [5.74, 6) is -0.442. The van der Waals surface area contributed by atoms with Gasteiger partial charge in [-0.05, 0) is 43.4 Å². The van der Waals surface area contributed by atoms with Crippen LogP contribution in [-0.4, -0.2) is 27.7 Å². The van der Waals surface area contributed by atoms with Gasteiger partial charge >= 0.3 is 0 Å². The lowest BCUT2D eigenvalue weighted by Crippen LogP contribution is -2.47. The number of amides is 1. The highest BCUT2D eigenvalue weighted by Gasteiger charge is 2.59. The lowest BCUT2D eigenvalue weighted by Gasteiger charge is -2.31. The van der Waals surface area contributed by atoms with Gasteiger partial charge in [0.05, 0.1) is 17.4 Å². The van der Waals surface area contributed by atoms with Crippen LogP contribution in [-0.2, 0) is 4.79 Å². The van der Waals surface area contributed by atoms with Crippen molar-refractivity contribution in [1.29, 1.82) is 0 Å². The molecule has 4 nitrogen and oxygen atoms in total. The molecule has 0 spiro atoms. The van der Waals surface area contributed by atoms with Gasteiger partial charge in [-0.25, -0.2) is 18.2 Å². The van der Waals surface area contributed by atoms with Crippen molar-refractivity contribution >= 4 is 16.9 Å². The minimum Gasteiger partial charge on any atom is -0.353 e. The van der Waals surface area contributed by atoms with Crippen LogP contribution in [0, 0.1) is 35.3 Å². The number of alkyl halides is 1. The first-order valence-electron chi connectivity index (χ1n) is 9.68. The van der Waals surface area contributed by atoms with Crippen molar-refractivity contribution in [2.45, 2.75) is 50.9 Å². The number of benzene rings is 1. The second kappa shape index (κ2) is 5.97. The molecule has 7 heteroatoms. The Hall–Kier alpha value is -2.05. The molecule has 5 atom stereocenters. The Kier molecular flexibility index (Phi) is 3.78. The summed E-state index contributed by atoms with van der Waals surface area (Å²) in [6.45, 7) is 1.96. The smallest absolute Gasteiger partial charge is 0.223 e. The van der Waals surface area contributed by atoms with E-state index in [0.29, 0.717) is 41.6 Å². The number of nitrogens with zero attached hydrogens (tertiary/aromatic N) is 2. The molecule has 3 unspecified atom stereocenters. The lowest BCUT2D eigenvalue weighted by atomic mass is 9.89. The predicted molar refractivity (Wildman–Crippen MR) is 93.6 cm³/mol. The third-order valence-electron chi connectivity index (χ3n) is 6.91. The monoisotopic (exact) mass is 377 g/mol. The molecule has 1 N–H and O–H groups in total. The van der Waals surface area contributed by atoms with E-state index in [1.165, 1.54) is 6.07 Å². The summed E-state index contributed by atoms with van der Waals surface area (Å²) < 4.78 is 41.8. The maximum atomic E-state index is 13.6. The van der Waals surface area contributed by atoms with E-state index in [1.807, 2.05) is 11.5 Å². The second-order valence-electron chi connectivity index (χ2n) is 8.50. The summed E-state index contributed by atoms with van der Waals surface area (Å²) in [6, 6.07) is 2.55. The largest absolute Gasteiger partial charge is 0.353 e. The van der Waals surface area contributed by atoms with Crippen LogP contribution < -0.4 is 5.32 Å². The Labute approximate surface area is 155 Å².